The number of hydrogen-bond acceptors (Lipinski definition) is 3. The summed E-state index contributed by atoms with van der Waals surface area (Å²) in [6.45, 7) is 5.27. The first-order valence-corrected chi connectivity index (χ1v) is 6.87. The van der Waals surface area contributed by atoms with Gasteiger partial charge in [-0.1, -0.05) is 30.3 Å². The molecule has 0 spiro atoms. The van der Waals surface area contributed by atoms with Crippen molar-refractivity contribution in [2.45, 2.75) is 26.8 Å². The highest BCUT2D eigenvalue weighted by molar-refractivity contribution is 6.13. The van der Waals surface area contributed by atoms with Crippen molar-refractivity contribution >= 4 is 17.5 Å². The van der Waals surface area contributed by atoms with E-state index in [1.807, 2.05) is 32.0 Å². The summed E-state index contributed by atoms with van der Waals surface area (Å²) >= 11 is 0. The Morgan fingerprint density at radius 2 is 1.71 bits per heavy atom. The molecule has 0 aliphatic carbocycles. The minimum Gasteiger partial charge on any atom is -0.294 e. The molecule has 21 heavy (non-hydrogen) atoms. The zero-order valence-electron chi connectivity index (χ0n) is 12.4. The number of carbonyl (C=O) groups excluding carboxylic acids is 2. The van der Waals surface area contributed by atoms with Crippen LogP contribution in [0.1, 0.15) is 36.7 Å². The third kappa shape index (κ3) is 3.16. The Morgan fingerprint density at radius 1 is 1.05 bits per heavy atom. The largest absolute Gasteiger partial charge is 0.294 e. The summed E-state index contributed by atoms with van der Waals surface area (Å²) in [7, 11) is 0. The lowest BCUT2D eigenvalue weighted by Gasteiger charge is -2.26. The molecule has 0 saturated carbocycles. The van der Waals surface area contributed by atoms with E-state index in [2.05, 4.69) is 4.98 Å². The molecule has 0 bridgehead atoms. The van der Waals surface area contributed by atoms with Gasteiger partial charge in [-0.05, 0) is 26.0 Å². The van der Waals surface area contributed by atoms with Crippen LogP contribution >= 0.6 is 0 Å². The van der Waals surface area contributed by atoms with Gasteiger partial charge in [-0.25, -0.2) is 4.98 Å². The molecule has 108 valence electrons. The van der Waals surface area contributed by atoms with E-state index in [-0.39, 0.29) is 17.7 Å². The molecule has 1 heterocycles. The van der Waals surface area contributed by atoms with Crippen molar-refractivity contribution in [3.05, 3.63) is 59.8 Å². The van der Waals surface area contributed by atoms with Crippen LogP contribution < -0.4 is 4.90 Å². The van der Waals surface area contributed by atoms with Crippen LogP contribution in [0.5, 0.6) is 0 Å². The molecule has 2 aromatic rings. The molecule has 1 aromatic heterocycles. The molecule has 4 heteroatoms. The Hall–Kier alpha value is -2.49. The van der Waals surface area contributed by atoms with Gasteiger partial charge in [-0.3, -0.25) is 14.5 Å². The third-order valence-corrected chi connectivity index (χ3v) is 3.15. The first-order valence-electron chi connectivity index (χ1n) is 6.87. The minimum atomic E-state index is -0.134. The van der Waals surface area contributed by atoms with Crippen molar-refractivity contribution in [2.75, 3.05) is 4.90 Å². The maximum Gasteiger partial charge on any atom is 0.225 e. The lowest BCUT2D eigenvalue weighted by atomic mass is 10.0. The number of ketones is 1. The molecule has 0 radical (unpaired) electrons. The fraction of sp³-hybridized carbons (Fsp3) is 0.235. The number of nitrogens with zero attached hydrogens (tertiary/aromatic N) is 2. The Balaban J connectivity index is 2.51. The predicted octanol–water partition coefficient (Wildman–Crippen LogP) is 3.07. The highest BCUT2D eigenvalue weighted by Crippen LogP contribution is 2.22. The second-order valence-electron chi connectivity index (χ2n) is 5.05. The number of benzene rings is 1. The first-order chi connectivity index (χ1) is 10.0. The fourth-order valence-electron chi connectivity index (χ4n) is 2.27. The van der Waals surface area contributed by atoms with E-state index in [9.17, 15) is 9.59 Å². The molecule has 0 N–H and O–H groups in total. The number of pyridine rings is 1. The predicted molar refractivity (Wildman–Crippen MR) is 82.4 cm³/mol. The molecule has 0 saturated heterocycles. The van der Waals surface area contributed by atoms with E-state index in [4.69, 9.17) is 0 Å². The quantitative estimate of drug-likeness (QED) is 0.810. The van der Waals surface area contributed by atoms with Crippen LogP contribution in [0.3, 0.4) is 0 Å². The third-order valence-electron chi connectivity index (χ3n) is 3.15. The van der Waals surface area contributed by atoms with Crippen LogP contribution in [-0.2, 0) is 4.79 Å². The molecule has 0 unspecified atom stereocenters. The number of rotatable bonds is 4. The average Bonchev–Trinajstić information content (AvgIpc) is 2.47. The van der Waals surface area contributed by atoms with Crippen LogP contribution in [0.15, 0.2) is 48.7 Å². The number of hydrogen-bond donors (Lipinski definition) is 0. The van der Waals surface area contributed by atoms with Gasteiger partial charge >= 0.3 is 0 Å². The summed E-state index contributed by atoms with van der Waals surface area (Å²) in [5.41, 5.74) is 1.02. The molecule has 0 aliphatic heterocycles. The SMILES string of the molecule is CC(=O)N(c1ncccc1C(=O)c1ccccc1)C(C)C. The molecular formula is C17H18N2O2. The van der Waals surface area contributed by atoms with Crippen LogP contribution in [0.25, 0.3) is 0 Å². The van der Waals surface area contributed by atoms with Crippen molar-refractivity contribution in [3.8, 4) is 0 Å². The lowest BCUT2D eigenvalue weighted by molar-refractivity contribution is -0.116. The molecule has 4 nitrogen and oxygen atoms in total. The van der Waals surface area contributed by atoms with Gasteiger partial charge in [0.05, 0.1) is 5.56 Å². The van der Waals surface area contributed by atoms with Gasteiger partial charge in [0.1, 0.15) is 5.82 Å². The van der Waals surface area contributed by atoms with Gasteiger partial charge in [0.15, 0.2) is 5.78 Å². The normalized spacial score (nSPS) is 10.5. The molecule has 1 amide bonds. The number of carbonyl (C=O) groups is 2. The average molecular weight is 282 g/mol. The van der Waals surface area contributed by atoms with Crippen molar-refractivity contribution in [1.29, 1.82) is 0 Å². The molecule has 0 aliphatic rings. The monoisotopic (exact) mass is 282 g/mol. The molecular weight excluding hydrogens is 264 g/mol. The van der Waals surface area contributed by atoms with Gasteiger partial charge < -0.3 is 0 Å². The maximum absolute atomic E-state index is 12.6. The highest BCUT2D eigenvalue weighted by atomic mass is 16.2. The van der Waals surface area contributed by atoms with E-state index in [1.54, 1.807) is 30.5 Å². The van der Waals surface area contributed by atoms with Gasteiger partial charge in [0.25, 0.3) is 0 Å². The summed E-state index contributed by atoms with van der Waals surface area (Å²) in [5, 5.41) is 0. The van der Waals surface area contributed by atoms with Gasteiger partial charge in [-0.2, -0.15) is 0 Å². The van der Waals surface area contributed by atoms with E-state index in [1.165, 1.54) is 11.8 Å². The Labute approximate surface area is 124 Å². The topological polar surface area (TPSA) is 50.3 Å². The molecule has 1 aromatic carbocycles. The lowest BCUT2D eigenvalue weighted by Crippen LogP contribution is -2.37. The molecule has 2 rings (SSSR count). The molecule has 0 atom stereocenters. The maximum atomic E-state index is 12.6. The second kappa shape index (κ2) is 6.31. The zero-order valence-corrected chi connectivity index (χ0v) is 12.4. The van der Waals surface area contributed by atoms with E-state index in [0.717, 1.165) is 0 Å². The van der Waals surface area contributed by atoms with Crippen molar-refractivity contribution < 1.29 is 9.59 Å². The van der Waals surface area contributed by atoms with Crippen LogP contribution in [0.4, 0.5) is 5.82 Å². The van der Waals surface area contributed by atoms with E-state index >= 15 is 0 Å². The minimum absolute atomic E-state index is 0.0697. The number of amides is 1. The summed E-state index contributed by atoms with van der Waals surface area (Å²) < 4.78 is 0. The second-order valence-corrected chi connectivity index (χ2v) is 5.05. The smallest absolute Gasteiger partial charge is 0.225 e. The fourth-order valence-corrected chi connectivity index (χ4v) is 2.27. The summed E-state index contributed by atoms with van der Waals surface area (Å²) in [5.74, 6) is 0.144. The molecule has 0 fully saturated rings. The van der Waals surface area contributed by atoms with Gasteiger partial charge in [-0.15, -0.1) is 0 Å². The van der Waals surface area contributed by atoms with Crippen LogP contribution in [0, 0.1) is 0 Å². The van der Waals surface area contributed by atoms with Crippen molar-refractivity contribution in [1.82, 2.24) is 4.98 Å². The number of anilines is 1. The van der Waals surface area contributed by atoms with Crippen LogP contribution in [0.2, 0.25) is 0 Å². The van der Waals surface area contributed by atoms with Crippen LogP contribution in [-0.4, -0.2) is 22.7 Å². The van der Waals surface area contributed by atoms with Gasteiger partial charge in [0.2, 0.25) is 5.91 Å². The summed E-state index contributed by atoms with van der Waals surface area (Å²) in [6.07, 6.45) is 1.59. The first kappa shape index (κ1) is 14.9. The Kier molecular flexibility index (Phi) is 4.48. The summed E-state index contributed by atoms with van der Waals surface area (Å²) in [6, 6.07) is 12.3. The summed E-state index contributed by atoms with van der Waals surface area (Å²) in [4.78, 5) is 30.3. The van der Waals surface area contributed by atoms with E-state index in [0.29, 0.717) is 16.9 Å². The van der Waals surface area contributed by atoms with Crippen molar-refractivity contribution in [2.24, 2.45) is 0 Å². The van der Waals surface area contributed by atoms with E-state index < -0.39 is 0 Å². The van der Waals surface area contributed by atoms with Gasteiger partial charge in [0, 0.05) is 24.7 Å². The highest BCUT2D eigenvalue weighted by Gasteiger charge is 2.23. The van der Waals surface area contributed by atoms with Crippen molar-refractivity contribution in [3.63, 3.8) is 0 Å². The zero-order chi connectivity index (χ0) is 15.4. The standard InChI is InChI=1S/C17H18N2O2/c1-12(2)19(13(3)20)17-15(10-7-11-18-17)16(21)14-8-5-4-6-9-14/h4-12H,1-3H3. The Morgan fingerprint density at radius 3 is 2.29 bits per heavy atom. The Bertz CT molecular complexity index is 651. The number of aromatic nitrogens is 1.